The zero-order valence-electron chi connectivity index (χ0n) is 12.2. The molecule has 0 saturated carbocycles. The van der Waals surface area contributed by atoms with Gasteiger partial charge in [0.05, 0.1) is 11.6 Å². The van der Waals surface area contributed by atoms with Gasteiger partial charge in [0.25, 0.3) is 0 Å². The maximum atomic E-state index is 6.06. The molecule has 0 unspecified atom stereocenters. The molecule has 3 nitrogen and oxygen atoms in total. The average Bonchev–Trinajstić information content (AvgIpc) is 2.61. The van der Waals surface area contributed by atoms with Crippen molar-refractivity contribution in [1.29, 1.82) is 0 Å². The minimum Gasteiger partial charge on any atom is -0.329 e. The molecule has 1 aromatic heterocycles. The van der Waals surface area contributed by atoms with E-state index in [1.54, 1.807) is 0 Å². The number of rotatable bonds is 3. The molecule has 0 aliphatic heterocycles. The van der Waals surface area contributed by atoms with E-state index in [0.29, 0.717) is 5.88 Å². The summed E-state index contributed by atoms with van der Waals surface area (Å²) in [5.74, 6) is 1.53. The normalized spacial score (nSPS) is 10.8. The zero-order chi connectivity index (χ0) is 14.2. The van der Waals surface area contributed by atoms with Crippen LogP contribution < -0.4 is 4.90 Å². The van der Waals surface area contributed by atoms with E-state index in [-0.39, 0.29) is 0 Å². The Hall–Kier alpha value is -1.48. The van der Waals surface area contributed by atoms with E-state index in [0.717, 1.165) is 22.8 Å². The maximum absolute atomic E-state index is 6.06. The number of alkyl halides is 1. The predicted octanol–water partition coefficient (Wildman–Crippen LogP) is 3.85. The molecule has 0 saturated heterocycles. The minimum absolute atomic E-state index is 0.476. The highest BCUT2D eigenvalue weighted by atomic mass is 35.5. The molecule has 4 heteroatoms. The number of anilines is 2. The van der Waals surface area contributed by atoms with Crippen molar-refractivity contribution in [2.75, 3.05) is 11.9 Å². The molecule has 0 atom stereocenters. The largest absolute Gasteiger partial charge is 0.329 e. The second-order valence-electron chi connectivity index (χ2n) is 5.05. The van der Waals surface area contributed by atoms with Crippen molar-refractivity contribution in [3.8, 4) is 0 Å². The van der Waals surface area contributed by atoms with Gasteiger partial charge in [-0.05, 0) is 44.0 Å². The Morgan fingerprint density at radius 2 is 1.74 bits per heavy atom. The highest BCUT2D eigenvalue weighted by Gasteiger charge is 2.17. The Bertz CT molecular complexity index is 581. The van der Waals surface area contributed by atoms with Crippen LogP contribution in [0.15, 0.2) is 18.2 Å². The fraction of sp³-hybridized carbons (Fsp3) is 0.400. The van der Waals surface area contributed by atoms with Crippen molar-refractivity contribution in [3.63, 3.8) is 0 Å². The summed E-state index contributed by atoms with van der Waals surface area (Å²) in [5.41, 5.74) is 5.75. The number of halogens is 1. The Morgan fingerprint density at radius 1 is 1.16 bits per heavy atom. The van der Waals surface area contributed by atoms with Crippen LogP contribution in [0.2, 0.25) is 0 Å². The lowest BCUT2D eigenvalue weighted by atomic mass is 10.1. The summed E-state index contributed by atoms with van der Waals surface area (Å²) in [6.45, 7) is 6.22. The summed E-state index contributed by atoms with van der Waals surface area (Å²) in [6.07, 6.45) is 0. The first-order valence-electron chi connectivity index (χ1n) is 6.34. The Kier molecular flexibility index (Phi) is 3.85. The van der Waals surface area contributed by atoms with Crippen molar-refractivity contribution in [3.05, 3.63) is 40.6 Å². The van der Waals surface area contributed by atoms with Gasteiger partial charge in [-0.25, -0.2) is 0 Å². The molecule has 2 rings (SSSR count). The number of hydrogen-bond donors (Lipinski definition) is 0. The lowest BCUT2D eigenvalue weighted by Crippen LogP contribution is -2.15. The molecule has 19 heavy (non-hydrogen) atoms. The summed E-state index contributed by atoms with van der Waals surface area (Å²) < 4.78 is 1.89. The van der Waals surface area contributed by atoms with E-state index in [9.17, 15) is 0 Å². The summed E-state index contributed by atoms with van der Waals surface area (Å²) in [6, 6.07) is 6.52. The number of aryl methyl sites for hydroxylation is 4. The molecule has 0 spiro atoms. The average molecular weight is 278 g/mol. The third-order valence-corrected chi connectivity index (χ3v) is 3.63. The van der Waals surface area contributed by atoms with Crippen LogP contribution in [0.25, 0.3) is 0 Å². The van der Waals surface area contributed by atoms with Gasteiger partial charge in [0.2, 0.25) is 0 Å². The molecular formula is C15H20ClN3. The third kappa shape index (κ3) is 2.61. The second-order valence-corrected chi connectivity index (χ2v) is 5.32. The van der Waals surface area contributed by atoms with Crippen LogP contribution >= 0.6 is 11.6 Å². The van der Waals surface area contributed by atoms with Gasteiger partial charge in [0, 0.05) is 25.3 Å². The van der Waals surface area contributed by atoms with Gasteiger partial charge in [-0.3, -0.25) is 4.68 Å². The van der Waals surface area contributed by atoms with E-state index in [1.165, 1.54) is 11.1 Å². The maximum Gasteiger partial charge on any atom is 0.135 e. The van der Waals surface area contributed by atoms with Gasteiger partial charge in [-0.1, -0.05) is 6.07 Å². The molecule has 1 aromatic carbocycles. The van der Waals surface area contributed by atoms with Crippen LogP contribution in [0.1, 0.15) is 22.4 Å². The quantitative estimate of drug-likeness (QED) is 0.795. The molecular weight excluding hydrogens is 258 g/mol. The topological polar surface area (TPSA) is 21.1 Å². The Morgan fingerprint density at radius 3 is 2.26 bits per heavy atom. The van der Waals surface area contributed by atoms with Crippen LogP contribution in [0.5, 0.6) is 0 Å². The summed E-state index contributed by atoms with van der Waals surface area (Å²) in [5, 5.41) is 4.46. The molecule has 102 valence electrons. The molecule has 0 aliphatic rings. The van der Waals surface area contributed by atoms with E-state index in [2.05, 4.69) is 49.1 Å². The zero-order valence-corrected chi connectivity index (χ0v) is 12.9. The molecule has 0 radical (unpaired) electrons. The number of aromatic nitrogens is 2. The Balaban J connectivity index is 2.52. The number of hydrogen-bond acceptors (Lipinski definition) is 2. The van der Waals surface area contributed by atoms with E-state index >= 15 is 0 Å². The predicted molar refractivity (Wildman–Crippen MR) is 81.5 cm³/mol. The summed E-state index contributed by atoms with van der Waals surface area (Å²) in [7, 11) is 4.01. The molecule has 0 aliphatic carbocycles. The smallest absolute Gasteiger partial charge is 0.135 e. The van der Waals surface area contributed by atoms with Crippen molar-refractivity contribution in [1.82, 2.24) is 9.78 Å². The van der Waals surface area contributed by atoms with Crippen LogP contribution in [-0.2, 0) is 12.9 Å². The van der Waals surface area contributed by atoms with Gasteiger partial charge in [0.15, 0.2) is 0 Å². The summed E-state index contributed by atoms with van der Waals surface area (Å²) >= 11 is 6.06. The van der Waals surface area contributed by atoms with E-state index in [1.807, 2.05) is 18.7 Å². The first-order chi connectivity index (χ1) is 8.93. The molecule has 1 heterocycles. The lowest BCUT2D eigenvalue weighted by Gasteiger charge is -2.22. The first kappa shape index (κ1) is 13.9. The van der Waals surface area contributed by atoms with Gasteiger partial charge in [-0.2, -0.15) is 5.10 Å². The highest BCUT2D eigenvalue weighted by molar-refractivity contribution is 6.17. The molecule has 0 bridgehead atoms. The van der Waals surface area contributed by atoms with Crippen molar-refractivity contribution < 1.29 is 0 Å². The first-order valence-corrected chi connectivity index (χ1v) is 6.88. The van der Waals surface area contributed by atoms with E-state index in [4.69, 9.17) is 11.6 Å². The van der Waals surface area contributed by atoms with Crippen molar-refractivity contribution in [2.45, 2.75) is 26.7 Å². The Labute approximate surface area is 119 Å². The standard InChI is InChI=1S/C15H20ClN3/c1-10-6-11(2)8-13(7-10)18(4)15-14(9-16)12(3)17-19(15)5/h6-8H,9H2,1-5H3. The van der Waals surface area contributed by atoms with Crippen LogP contribution in [-0.4, -0.2) is 16.8 Å². The van der Waals surface area contributed by atoms with Crippen LogP contribution in [0, 0.1) is 20.8 Å². The lowest BCUT2D eigenvalue weighted by molar-refractivity contribution is 0.750. The number of benzene rings is 1. The van der Waals surface area contributed by atoms with Crippen LogP contribution in [0.3, 0.4) is 0 Å². The monoisotopic (exact) mass is 277 g/mol. The molecule has 0 amide bonds. The fourth-order valence-electron chi connectivity index (χ4n) is 2.53. The SMILES string of the molecule is Cc1cc(C)cc(N(C)c2c(CCl)c(C)nn2C)c1. The second kappa shape index (κ2) is 5.25. The molecule has 0 N–H and O–H groups in total. The van der Waals surface area contributed by atoms with Gasteiger partial charge in [0.1, 0.15) is 5.82 Å². The van der Waals surface area contributed by atoms with Gasteiger partial charge in [-0.15, -0.1) is 11.6 Å². The van der Waals surface area contributed by atoms with Gasteiger partial charge >= 0.3 is 0 Å². The van der Waals surface area contributed by atoms with E-state index < -0.39 is 0 Å². The van der Waals surface area contributed by atoms with Crippen molar-refractivity contribution in [2.24, 2.45) is 7.05 Å². The molecule has 0 fully saturated rings. The van der Waals surface area contributed by atoms with Crippen molar-refractivity contribution >= 4 is 23.1 Å². The van der Waals surface area contributed by atoms with Crippen LogP contribution in [0.4, 0.5) is 11.5 Å². The highest BCUT2D eigenvalue weighted by Crippen LogP contribution is 2.30. The summed E-state index contributed by atoms with van der Waals surface area (Å²) in [4.78, 5) is 2.15. The number of nitrogens with zero attached hydrogens (tertiary/aromatic N) is 3. The molecule has 2 aromatic rings. The fourth-order valence-corrected chi connectivity index (χ4v) is 2.85. The van der Waals surface area contributed by atoms with Gasteiger partial charge < -0.3 is 4.90 Å². The third-order valence-electron chi connectivity index (χ3n) is 3.36. The minimum atomic E-state index is 0.476.